The van der Waals surface area contributed by atoms with Crippen molar-refractivity contribution in [3.8, 4) is 0 Å². The minimum Gasteiger partial charge on any atom is -0.359 e. The van der Waals surface area contributed by atoms with E-state index < -0.39 is 0 Å². The molecule has 0 amide bonds. The molecule has 0 radical (unpaired) electrons. The molecule has 7 heteroatoms. The third-order valence-electron chi connectivity index (χ3n) is 1.91. The van der Waals surface area contributed by atoms with Crippen LogP contribution in [0.25, 0.3) is 0 Å². The number of nitrogens with one attached hydrogen (secondary N) is 3. The van der Waals surface area contributed by atoms with Crippen LogP contribution < -0.4 is 16.2 Å². The molecular weight excluding hydrogens is 321 g/mol. The minimum atomic E-state index is -0.124. The van der Waals surface area contributed by atoms with E-state index in [0.29, 0.717) is 23.9 Å². The summed E-state index contributed by atoms with van der Waals surface area (Å²) in [6.45, 7) is 2.14. The first-order valence-corrected chi connectivity index (χ1v) is 4.60. The van der Waals surface area contributed by atoms with E-state index in [9.17, 15) is 4.79 Å². The van der Waals surface area contributed by atoms with Crippen molar-refractivity contribution in [2.75, 3.05) is 14.1 Å². The van der Waals surface area contributed by atoms with Crippen LogP contribution in [0.15, 0.2) is 16.0 Å². The molecule has 3 N–H and O–H groups in total. The molecule has 0 aliphatic carbocycles. The van der Waals surface area contributed by atoms with Crippen LogP contribution in [0.1, 0.15) is 11.4 Å². The molecule has 1 rings (SSSR count). The first-order chi connectivity index (χ1) is 7.17. The molecule has 0 spiro atoms. The van der Waals surface area contributed by atoms with Crippen molar-refractivity contribution in [3.05, 3.63) is 27.9 Å². The smallest absolute Gasteiger partial charge is 0.255 e. The maximum absolute atomic E-state index is 11.4. The lowest BCUT2D eigenvalue weighted by Gasteiger charge is -2.07. The Hall–Kier alpha value is -1.12. The summed E-state index contributed by atoms with van der Waals surface area (Å²) >= 11 is 0. The number of H-pyrrole nitrogens is 1. The van der Waals surface area contributed by atoms with Crippen molar-refractivity contribution in [3.63, 3.8) is 0 Å². The van der Waals surface area contributed by atoms with Crippen LogP contribution in [-0.4, -0.2) is 30.0 Å². The van der Waals surface area contributed by atoms with Gasteiger partial charge in [0.05, 0.1) is 5.56 Å². The van der Waals surface area contributed by atoms with Crippen LogP contribution in [0.5, 0.6) is 0 Å². The molecule has 0 atom stereocenters. The predicted octanol–water partition coefficient (Wildman–Crippen LogP) is -0.00888. The van der Waals surface area contributed by atoms with Crippen molar-refractivity contribution < 1.29 is 0 Å². The first-order valence-electron chi connectivity index (χ1n) is 4.60. The van der Waals surface area contributed by atoms with Crippen LogP contribution in [0.2, 0.25) is 0 Å². The van der Waals surface area contributed by atoms with Gasteiger partial charge in [-0.2, -0.15) is 0 Å². The topological polar surface area (TPSA) is 82.2 Å². The molecule has 0 unspecified atom stereocenters. The average Bonchev–Trinajstić information content (AvgIpc) is 2.22. The summed E-state index contributed by atoms with van der Waals surface area (Å²) in [7, 11) is 3.42. The van der Waals surface area contributed by atoms with Crippen molar-refractivity contribution in [2.45, 2.75) is 13.5 Å². The number of aryl methyl sites for hydroxylation is 1. The van der Waals surface area contributed by atoms with Crippen LogP contribution in [-0.2, 0) is 6.54 Å². The van der Waals surface area contributed by atoms with E-state index in [-0.39, 0.29) is 29.5 Å². The molecule has 0 saturated heterocycles. The lowest BCUT2D eigenvalue weighted by Crippen LogP contribution is -2.35. The average molecular weight is 337 g/mol. The van der Waals surface area contributed by atoms with E-state index in [1.165, 1.54) is 0 Å². The summed E-state index contributed by atoms with van der Waals surface area (Å²) in [4.78, 5) is 22.0. The van der Waals surface area contributed by atoms with E-state index >= 15 is 0 Å². The molecule has 90 valence electrons. The van der Waals surface area contributed by atoms with Gasteiger partial charge < -0.3 is 15.6 Å². The number of hydrogen-bond donors (Lipinski definition) is 3. The second-order valence-electron chi connectivity index (χ2n) is 3.00. The maximum atomic E-state index is 11.4. The highest BCUT2D eigenvalue weighted by molar-refractivity contribution is 14.0. The highest BCUT2D eigenvalue weighted by Crippen LogP contribution is 1.87. The molecule has 0 fully saturated rings. The van der Waals surface area contributed by atoms with Crippen LogP contribution >= 0.6 is 24.0 Å². The van der Waals surface area contributed by atoms with Gasteiger partial charge in [-0.3, -0.25) is 9.79 Å². The van der Waals surface area contributed by atoms with Gasteiger partial charge in [-0.25, -0.2) is 4.98 Å². The lowest BCUT2D eigenvalue weighted by molar-refractivity contribution is 0.833. The highest BCUT2D eigenvalue weighted by Gasteiger charge is 2.01. The van der Waals surface area contributed by atoms with Crippen LogP contribution in [0.3, 0.4) is 0 Å². The fourth-order valence-corrected chi connectivity index (χ4v) is 1.09. The van der Waals surface area contributed by atoms with Crippen molar-refractivity contribution in [1.82, 2.24) is 20.6 Å². The van der Waals surface area contributed by atoms with Crippen molar-refractivity contribution >= 4 is 29.9 Å². The molecule has 0 aliphatic rings. The second kappa shape index (κ2) is 7.20. The monoisotopic (exact) mass is 337 g/mol. The zero-order chi connectivity index (χ0) is 11.3. The zero-order valence-electron chi connectivity index (χ0n) is 9.50. The van der Waals surface area contributed by atoms with Gasteiger partial charge in [-0.15, -0.1) is 24.0 Å². The van der Waals surface area contributed by atoms with E-state index in [0.717, 1.165) is 0 Å². The molecule has 0 bridgehead atoms. The standard InChI is InChI=1S/C9H15N5O.HI/c1-6-12-4-7(8(15)14-6)5-13-9(10-2)11-3;/h4H,5H2,1-3H3,(H2,10,11,13)(H,12,14,15);1H. The molecule has 1 aromatic heterocycles. The quantitative estimate of drug-likeness (QED) is 0.403. The normalized spacial score (nSPS) is 10.6. The van der Waals surface area contributed by atoms with Crippen LogP contribution in [0, 0.1) is 6.92 Å². The molecular formula is C9H16IN5O. The number of rotatable bonds is 2. The Morgan fingerprint density at radius 1 is 1.62 bits per heavy atom. The van der Waals surface area contributed by atoms with Gasteiger partial charge in [0.15, 0.2) is 5.96 Å². The third kappa shape index (κ3) is 4.17. The Morgan fingerprint density at radius 2 is 2.31 bits per heavy atom. The number of hydrogen-bond acceptors (Lipinski definition) is 3. The van der Waals surface area contributed by atoms with Crippen molar-refractivity contribution in [1.29, 1.82) is 0 Å². The molecule has 1 aromatic rings. The van der Waals surface area contributed by atoms with Gasteiger partial charge in [0.25, 0.3) is 5.56 Å². The Balaban J connectivity index is 0.00000225. The van der Waals surface area contributed by atoms with Gasteiger partial charge in [-0.05, 0) is 6.92 Å². The van der Waals surface area contributed by atoms with E-state index in [1.54, 1.807) is 27.2 Å². The molecule has 0 aliphatic heterocycles. The minimum absolute atomic E-state index is 0. The number of nitrogens with zero attached hydrogens (tertiary/aromatic N) is 2. The zero-order valence-corrected chi connectivity index (χ0v) is 11.8. The summed E-state index contributed by atoms with van der Waals surface area (Å²) < 4.78 is 0. The molecule has 6 nitrogen and oxygen atoms in total. The number of aliphatic imine (C=N–C) groups is 1. The van der Waals surface area contributed by atoms with Gasteiger partial charge in [0.1, 0.15) is 5.82 Å². The third-order valence-corrected chi connectivity index (χ3v) is 1.91. The summed E-state index contributed by atoms with van der Waals surface area (Å²) in [5.41, 5.74) is 0.457. The van der Waals surface area contributed by atoms with E-state index in [1.807, 2.05) is 0 Å². The van der Waals surface area contributed by atoms with Gasteiger partial charge in [-0.1, -0.05) is 0 Å². The van der Waals surface area contributed by atoms with E-state index in [2.05, 4.69) is 25.6 Å². The Kier molecular flexibility index (Phi) is 6.70. The van der Waals surface area contributed by atoms with Gasteiger partial charge in [0.2, 0.25) is 0 Å². The number of aromatic amines is 1. The van der Waals surface area contributed by atoms with Crippen LogP contribution in [0.4, 0.5) is 0 Å². The largest absolute Gasteiger partial charge is 0.359 e. The SMILES string of the molecule is CN=C(NC)NCc1cnc(C)[nH]c1=O.I. The maximum Gasteiger partial charge on any atom is 0.255 e. The molecule has 1 heterocycles. The molecule has 0 saturated carbocycles. The van der Waals surface area contributed by atoms with Gasteiger partial charge in [0, 0.05) is 26.8 Å². The number of guanidine groups is 1. The number of aromatic nitrogens is 2. The summed E-state index contributed by atoms with van der Waals surface area (Å²) in [5, 5.41) is 5.83. The summed E-state index contributed by atoms with van der Waals surface area (Å²) in [6.07, 6.45) is 1.56. The number of halogens is 1. The Bertz CT molecular complexity index is 415. The van der Waals surface area contributed by atoms with Gasteiger partial charge >= 0.3 is 0 Å². The Morgan fingerprint density at radius 3 is 2.81 bits per heavy atom. The Labute approximate surface area is 111 Å². The lowest BCUT2D eigenvalue weighted by atomic mass is 10.3. The molecule has 0 aromatic carbocycles. The fourth-order valence-electron chi connectivity index (χ4n) is 1.09. The fraction of sp³-hybridized carbons (Fsp3) is 0.444. The first kappa shape index (κ1) is 14.9. The van der Waals surface area contributed by atoms with E-state index in [4.69, 9.17) is 0 Å². The second-order valence-corrected chi connectivity index (χ2v) is 3.00. The summed E-state index contributed by atoms with van der Waals surface area (Å²) in [5.74, 6) is 1.25. The predicted molar refractivity (Wildman–Crippen MR) is 74.3 cm³/mol. The summed E-state index contributed by atoms with van der Waals surface area (Å²) in [6, 6.07) is 0. The highest BCUT2D eigenvalue weighted by atomic mass is 127. The van der Waals surface area contributed by atoms with Crippen molar-refractivity contribution in [2.24, 2.45) is 4.99 Å². The molecule has 16 heavy (non-hydrogen) atoms.